The molecule has 0 atom stereocenters. The Kier molecular flexibility index (Phi) is 3.50. The van der Waals surface area contributed by atoms with Crippen LogP contribution in [-0.4, -0.2) is 42.2 Å². The summed E-state index contributed by atoms with van der Waals surface area (Å²) in [6, 6.07) is 1.29. The van der Waals surface area contributed by atoms with Gasteiger partial charge in [0.2, 0.25) is 0 Å². The first-order valence-corrected chi connectivity index (χ1v) is 5.22. The molecule has 2 heterocycles. The first-order chi connectivity index (χ1) is 8.18. The number of hydrazine groups is 1. The maximum Gasteiger partial charge on any atom is 0.268 e. The number of anilines is 1. The van der Waals surface area contributed by atoms with Crippen LogP contribution in [0.25, 0.3) is 0 Å². The second-order valence-electron chi connectivity index (χ2n) is 3.60. The number of nitrogen functional groups attached to an aromatic ring is 1. The minimum atomic E-state index is -0.793. The molecular weight excluding hydrogens is 227 g/mol. The van der Waals surface area contributed by atoms with E-state index < -0.39 is 11.7 Å². The van der Waals surface area contributed by atoms with Gasteiger partial charge in [-0.3, -0.25) is 10.2 Å². The molecule has 0 saturated carbocycles. The zero-order chi connectivity index (χ0) is 12.3. The molecule has 0 bridgehead atoms. The Morgan fingerprint density at radius 2 is 2.24 bits per heavy atom. The quantitative estimate of drug-likeness (QED) is 0.747. The Bertz CT molecular complexity index is 421. The highest BCUT2D eigenvalue weighted by molar-refractivity contribution is 5.94. The van der Waals surface area contributed by atoms with Crippen molar-refractivity contribution in [3.8, 4) is 0 Å². The maximum absolute atomic E-state index is 13.5. The molecule has 0 unspecified atom stereocenters. The third-order valence-corrected chi connectivity index (χ3v) is 2.43. The van der Waals surface area contributed by atoms with Gasteiger partial charge in [-0.05, 0) is 6.07 Å². The summed E-state index contributed by atoms with van der Waals surface area (Å²) in [6.07, 6.45) is 1.30. The number of carbonyl (C=O) groups is 1. The standard InChI is InChI=1S/C10H13FN4O2/c11-8-7(1-2-13-9(8)12)10(16)14-15-3-5-17-6-4-15/h1-2H,3-6H2,(H2,12,13)(H,14,16). The van der Waals surface area contributed by atoms with Crippen LogP contribution in [-0.2, 0) is 4.74 Å². The molecule has 6 nitrogen and oxygen atoms in total. The number of nitrogens with one attached hydrogen (secondary N) is 1. The van der Waals surface area contributed by atoms with Crippen LogP contribution in [0, 0.1) is 5.82 Å². The van der Waals surface area contributed by atoms with E-state index in [0.717, 1.165) is 0 Å². The minimum absolute atomic E-state index is 0.107. The van der Waals surface area contributed by atoms with E-state index in [-0.39, 0.29) is 11.4 Å². The molecule has 1 aliphatic rings. The summed E-state index contributed by atoms with van der Waals surface area (Å²) in [5, 5.41) is 1.68. The first-order valence-electron chi connectivity index (χ1n) is 5.22. The van der Waals surface area contributed by atoms with E-state index in [1.807, 2.05) is 0 Å². The average molecular weight is 240 g/mol. The molecule has 1 amide bonds. The lowest BCUT2D eigenvalue weighted by Gasteiger charge is -2.26. The fourth-order valence-electron chi connectivity index (χ4n) is 1.51. The summed E-state index contributed by atoms with van der Waals surface area (Å²) in [4.78, 5) is 15.3. The normalized spacial score (nSPS) is 16.8. The van der Waals surface area contributed by atoms with Crippen LogP contribution in [0.3, 0.4) is 0 Å². The summed E-state index contributed by atoms with van der Waals surface area (Å²) >= 11 is 0. The SMILES string of the molecule is Nc1nccc(C(=O)NN2CCOCC2)c1F. The fraction of sp³-hybridized carbons (Fsp3) is 0.400. The van der Waals surface area contributed by atoms with Gasteiger partial charge in [-0.2, -0.15) is 0 Å². The average Bonchev–Trinajstić information content (AvgIpc) is 2.34. The number of nitrogens with zero attached hydrogens (tertiary/aromatic N) is 2. The lowest BCUT2D eigenvalue weighted by atomic mass is 10.2. The second-order valence-corrected chi connectivity index (χ2v) is 3.60. The van der Waals surface area contributed by atoms with E-state index in [2.05, 4.69) is 10.4 Å². The van der Waals surface area contributed by atoms with Gasteiger partial charge >= 0.3 is 0 Å². The number of amides is 1. The van der Waals surface area contributed by atoms with Crippen LogP contribution < -0.4 is 11.2 Å². The van der Waals surface area contributed by atoms with Crippen LogP contribution in [0.5, 0.6) is 0 Å². The number of rotatable bonds is 2. The highest BCUT2D eigenvalue weighted by Crippen LogP contribution is 2.11. The van der Waals surface area contributed by atoms with Gasteiger partial charge in [-0.25, -0.2) is 14.4 Å². The summed E-state index contributed by atoms with van der Waals surface area (Å²) in [7, 11) is 0. The van der Waals surface area contributed by atoms with E-state index in [0.29, 0.717) is 26.3 Å². The van der Waals surface area contributed by atoms with Crippen molar-refractivity contribution in [1.29, 1.82) is 0 Å². The number of nitrogens with two attached hydrogens (primary N) is 1. The highest BCUT2D eigenvalue weighted by Gasteiger charge is 2.18. The van der Waals surface area contributed by atoms with Gasteiger partial charge < -0.3 is 10.5 Å². The molecule has 1 saturated heterocycles. The fourth-order valence-corrected chi connectivity index (χ4v) is 1.51. The van der Waals surface area contributed by atoms with Crippen molar-refractivity contribution in [3.63, 3.8) is 0 Å². The molecule has 0 radical (unpaired) electrons. The molecule has 1 aromatic heterocycles. The van der Waals surface area contributed by atoms with Gasteiger partial charge in [0, 0.05) is 19.3 Å². The van der Waals surface area contributed by atoms with Gasteiger partial charge in [-0.15, -0.1) is 0 Å². The Labute approximate surface area is 97.5 Å². The topological polar surface area (TPSA) is 80.5 Å². The molecule has 0 aliphatic carbocycles. The molecule has 2 rings (SSSR count). The lowest BCUT2D eigenvalue weighted by Crippen LogP contribution is -2.48. The van der Waals surface area contributed by atoms with E-state index in [4.69, 9.17) is 10.5 Å². The number of halogens is 1. The number of hydrogen-bond acceptors (Lipinski definition) is 5. The Balaban J connectivity index is 2.06. The van der Waals surface area contributed by atoms with Crippen LogP contribution in [0.4, 0.5) is 10.2 Å². The summed E-state index contributed by atoms with van der Waals surface area (Å²) in [6.45, 7) is 2.24. The summed E-state index contributed by atoms with van der Waals surface area (Å²) in [5.74, 6) is -1.60. The number of aromatic nitrogens is 1. The first kappa shape index (κ1) is 11.7. The molecule has 1 fully saturated rings. The predicted octanol–water partition coefficient (Wildman–Crippen LogP) is -0.220. The van der Waals surface area contributed by atoms with Crippen molar-refractivity contribution >= 4 is 11.7 Å². The predicted molar refractivity (Wildman–Crippen MR) is 58.5 cm³/mol. The summed E-state index contributed by atoms with van der Waals surface area (Å²) in [5.41, 5.74) is 7.78. The van der Waals surface area contributed by atoms with Crippen LogP contribution in [0.15, 0.2) is 12.3 Å². The van der Waals surface area contributed by atoms with Crippen LogP contribution in [0.1, 0.15) is 10.4 Å². The molecule has 17 heavy (non-hydrogen) atoms. The third-order valence-electron chi connectivity index (χ3n) is 2.43. The smallest absolute Gasteiger partial charge is 0.268 e. The van der Waals surface area contributed by atoms with E-state index in [1.54, 1.807) is 5.01 Å². The number of morpholine rings is 1. The Hall–Kier alpha value is -1.73. The monoisotopic (exact) mass is 240 g/mol. The zero-order valence-electron chi connectivity index (χ0n) is 9.15. The van der Waals surface area contributed by atoms with Gasteiger partial charge in [0.1, 0.15) is 0 Å². The largest absolute Gasteiger partial charge is 0.381 e. The summed E-state index contributed by atoms with van der Waals surface area (Å²) < 4.78 is 18.6. The molecule has 0 aromatic carbocycles. The molecule has 0 spiro atoms. The highest BCUT2D eigenvalue weighted by atomic mass is 19.1. The number of ether oxygens (including phenoxy) is 1. The lowest BCUT2D eigenvalue weighted by molar-refractivity contribution is 0.0125. The van der Waals surface area contributed by atoms with Crippen molar-refractivity contribution in [3.05, 3.63) is 23.6 Å². The molecule has 1 aromatic rings. The molecule has 3 N–H and O–H groups in total. The van der Waals surface area contributed by atoms with Crippen molar-refractivity contribution in [1.82, 2.24) is 15.4 Å². The maximum atomic E-state index is 13.5. The number of hydrogen-bond donors (Lipinski definition) is 2. The molecule has 7 heteroatoms. The van der Waals surface area contributed by atoms with Gasteiger partial charge in [0.15, 0.2) is 11.6 Å². The van der Waals surface area contributed by atoms with E-state index in [9.17, 15) is 9.18 Å². The zero-order valence-corrected chi connectivity index (χ0v) is 9.15. The van der Waals surface area contributed by atoms with Crippen LogP contribution in [0.2, 0.25) is 0 Å². The third kappa shape index (κ3) is 2.69. The van der Waals surface area contributed by atoms with Crippen molar-refractivity contribution < 1.29 is 13.9 Å². The second kappa shape index (κ2) is 5.07. The van der Waals surface area contributed by atoms with Gasteiger partial charge in [0.25, 0.3) is 5.91 Å². The van der Waals surface area contributed by atoms with Gasteiger partial charge in [-0.1, -0.05) is 0 Å². The van der Waals surface area contributed by atoms with E-state index >= 15 is 0 Å². The van der Waals surface area contributed by atoms with Gasteiger partial charge in [0.05, 0.1) is 18.8 Å². The van der Waals surface area contributed by atoms with Crippen molar-refractivity contribution in [2.75, 3.05) is 32.0 Å². The van der Waals surface area contributed by atoms with Crippen molar-refractivity contribution in [2.45, 2.75) is 0 Å². The van der Waals surface area contributed by atoms with Crippen LogP contribution >= 0.6 is 0 Å². The molecule has 92 valence electrons. The Morgan fingerprint density at radius 3 is 2.94 bits per heavy atom. The Morgan fingerprint density at radius 1 is 1.53 bits per heavy atom. The minimum Gasteiger partial charge on any atom is -0.381 e. The number of carbonyl (C=O) groups excluding carboxylic acids is 1. The number of pyridine rings is 1. The molecular formula is C10H13FN4O2. The molecule has 1 aliphatic heterocycles. The van der Waals surface area contributed by atoms with Crippen molar-refractivity contribution in [2.24, 2.45) is 0 Å². The van der Waals surface area contributed by atoms with E-state index in [1.165, 1.54) is 12.3 Å².